The van der Waals surface area contributed by atoms with Gasteiger partial charge in [-0.3, -0.25) is 0 Å². The van der Waals surface area contributed by atoms with Gasteiger partial charge in [0.15, 0.2) is 0 Å². The van der Waals surface area contributed by atoms with Crippen LogP contribution in [0.1, 0.15) is 108 Å². The minimum Gasteiger partial charge on any atom is -0.103 e. The van der Waals surface area contributed by atoms with E-state index in [1.54, 1.807) is 10.4 Å². The summed E-state index contributed by atoms with van der Waals surface area (Å²) in [5, 5.41) is 3.21. The smallest absolute Gasteiger partial charge is 0.103 e. The quantitative estimate of drug-likeness (QED) is 0.119. The Morgan fingerprint density at radius 3 is 1.92 bits per heavy atom. The monoisotopic (exact) mass is 512 g/mol. The highest BCUT2D eigenvalue weighted by Crippen LogP contribution is 2.46. The molecule has 0 aromatic heterocycles. The molecular weight excluding hydrogens is 460 g/mol. The van der Waals surface area contributed by atoms with Crippen molar-refractivity contribution in [1.29, 1.82) is 0 Å². The van der Waals surface area contributed by atoms with Gasteiger partial charge in [-0.05, 0) is 41.0 Å². The SMILES string of the molecule is C=Cc1cccc([Si](c2cccc(C=C)c2)(C(C)CCCCCCCCCC)[C@@H]2CCCC(C=C)C2)c1. The predicted octanol–water partition coefficient (Wildman–Crippen LogP) is 10.2. The Morgan fingerprint density at radius 1 is 0.811 bits per heavy atom. The molecular formula is C36H52Si. The second kappa shape index (κ2) is 15.3. The van der Waals surface area contributed by atoms with Crippen LogP contribution in [0.3, 0.4) is 0 Å². The molecule has 2 aromatic carbocycles. The van der Waals surface area contributed by atoms with Crippen LogP contribution in [0.4, 0.5) is 0 Å². The van der Waals surface area contributed by atoms with Gasteiger partial charge in [0.25, 0.3) is 0 Å². The standard InChI is InChI=1S/C36H52Si/c1-6-10-11-12-13-14-15-16-20-30(5)37(34-24-17-21-31(7-2)27-34,35-25-18-22-32(8-3)28-35)36-26-19-23-33(9-4)29-36/h7-9,17-18,21-22,24-25,27-28,30,33,36H,2-4,6,10-16,19-20,23,26,29H2,1,5H3/t30?,33?,36-/m1/s1. The highest BCUT2D eigenvalue weighted by molar-refractivity contribution is 7.04. The molecule has 0 saturated heterocycles. The lowest BCUT2D eigenvalue weighted by atomic mass is 9.89. The van der Waals surface area contributed by atoms with Crippen LogP contribution in [0.25, 0.3) is 12.2 Å². The molecule has 1 heteroatoms. The number of allylic oxidation sites excluding steroid dienone is 1. The Balaban J connectivity index is 1.99. The van der Waals surface area contributed by atoms with E-state index in [-0.39, 0.29) is 0 Å². The first kappa shape index (κ1) is 29.4. The topological polar surface area (TPSA) is 0 Å². The van der Waals surface area contributed by atoms with Crippen LogP contribution in [0.5, 0.6) is 0 Å². The van der Waals surface area contributed by atoms with E-state index in [4.69, 9.17) is 0 Å². The fraction of sp³-hybridized carbons (Fsp3) is 0.500. The van der Waals surface area contributed by atoms with Gasteiger partial charge < -0.3 is 0 Å². The third-order valence-electron chi connectivity index (χ3n) is 9.16. The zero-order chi connectivity index (χ0) is 26.5. The maximum atomic E-state index is 4.23. The molecule has 1 saturated carbocycles. The molecule has 0 spiro atoms. The third kappa shape index (κ3) is 7.47. The average molecular weight is 513 g/mol. The Hall–Kier alpha value is -2.12. The summed E-state index contributed by atoms with van der Waals surface area (Å²) in [7, 11) is -2.13. The van der Waals surface area contributed by atoms with Gasteiger partial charge in [-0.2, -0.15) is 0 Å². The maximum absolute atomic E-state index is 4.23. The van der Waals surface area contributed by atoms with Gasteiger partial charge in [0.2, 0.25) is 0 Å². The molecule has 3 atom stereocenters. The lowest BCUT2D eigenvalue weighted by molar-refractivity contribution is 0.409. The minimum absolute atomic E-state index is 0.645. The molecule has 200 valence electrons. The molecule has 2 unspecified atom stereocenters. The van der Waals surface area contributed by atoms with Crippen molar-refractivity contribution in [2.45, 2.75) is 108 Å². The fourth-order valence-electron chi connectivity index (χ4n) is 7.12. The Morgan fingerprint density at radius 2 is 1.38 bits per heavy atom. The Kier molecular flexibility index (Phi) is 12.2. The van der Waals surface area contributed by atoms with Gasteiger partial charge in [0, 0.05) is 0 Å². The van der Waals surface area contributed by atoms with Crippen LogP contribution in [0.15, 0.2) is 74.3 Å². The summed E-state index contributed by atoms with van der Waals surface area (Å²) in [6.07, 6.45) is 24.0. The van der Waals surface area contributed by atoms with Gasteiger partial charge >= 0.3 is 0 Å². The number of benzene rings is 2. The number of rotatable bonds is 16. The third-order valence-corrected chi connectivity index (χ3v) is 15.3. The molecule has 37 heavy (non-hydrogen) atoms. The second-order valence-corrected chi connectivity index (χ2v) is 16.2. The molecule has 1 fully saturated rings. The molecule has 0 amide bonds. The molecule has 3 rings (SSSR count). The zero-order valence-corrected chi connectivity index (χ0v) is 24.9. The minimum atomic E-state index is -2.13. The highest BCUT2D eigenvalue weighted by Gasteiger charge is 2.49. The first-order chi connectivity index (χ1) is 18.1. The molecule has 0 N–H and O–H groups in total. The van der Waals surface area contributed by atoms with Gasteiger partial charge in [-0.25, -0.2) is 0 Å². The van der Waals surface area contributed by atoms with E-state index in [2.05, 4.69) is 88.2 Å². The summed E-state index contributed by atoms with van der Waals surface area (Å²) in [6.45, 7) is 17.4. The van der Waals surface area contributed by atoms with Gasteiger partial charge in [0.05, 0.1) is 0 Å². The summed E-state index contributed by atoms with van der Waals surface area (Å²) < 4.78 is 0. The van der Waals surface area contributed by atoms with Crippen LogP contribution in [-0.2, 0) is 0 Å². The number of unbranched alkanes of at least 4 members (excludes halogenated alkanes) is 7. The van der Waals surface area contributed by atoms with Crippen molar-refractivity contribution in [2.24, 2.45) is 5.92 Å². The van der Waals surface area contributed by atoms with Crippen LogP contribution in [0, 0.1) is 5.92 Å². The van der Waals surface area contributed by atoms with Crippen molar-refractivity contribution in [2.75, 3.05) is 0 Å². The van der Waals surface area contributed by atoms with Gasteiger partial charge in [0.1, 0.15) is 8.07 Å². The Bertz CT molecular complexity index is 934. The summed E-state index contributed by atoms with van der Waals surface area (Å²) in [6, 6.07) is 18.9. The Labute approximate surface area is 230 Å². The predicted molar refractivity (Wildman–Crippen MR) is 171 cm³/mol. The van der Waals surface area contributed by atoms with Crippen LogP contribution in [-0.4, -0.2) is 8.07 Å². The largest absolute Gasteiger partial charge is 0.123 e. The fourth-order valence-corrected chi connectivity index (χ4v) is 13.9. The molecule has 1 aliphatic carbocycles. The first-order valence-electron chi connectivity index (χ1n) is 15.2. The molecule has 0 nitrogen and oxygen atoms in total. The van der Waals surface area contributed by atoms with Crippen molar-refractivity contribution in [3.8, 4) is 0 Å². The lowest BCUT2D eigenvalue weighted by Gasteiger charge is -2.48. The normalized spacial score (nSPS) is 18.8. The summed E-state index contributed by atoms with van der Waals surface area (Å²) in [5.41, 5.74) is 3.92. The van der Waals surface area contributed by atoms with E-state index < -0.39 is 8.07 Å². The van der Waals surface area contributed by atoms with Crippen LogP contribution in [0.2, 0.25) is 11.1 Å². The lowest BCUT2D eigenvalue weighted by Crippen LogP contribution is -2.65. The summed E-state index contributed by atoms with van der Waals surface area (Å²) in [4.78, 5) is 0. The van der Waals surface area contributed by atoms with Crippen LogP contribution < -0.4 is 10.4 Å². The number of hydrogen-bond acceptors (Lipinski definition) is 0. The van der Waals surface area contributed by atoms with Crippen LogP contribution >= 0.6 is 0 Å². The van der Waals surface area contributed by atoms with E-state index in [1.165, 1.54) is 94.6 Å². The van der Waals surface area contributed by atoms with E-state index in [1.807, 2.05) is 12.2 Å². The molecule has 1 aliphatic rings. The second-order valence-electron chi connectivity index (χ2n) is 11.6. The molecule has 2 aromatic rings. The summed E-state index contributed by atoms with van der Waals surface area (Å²) in [5.74, 6) is 0.645. The van der Waals surface area contributed by atoms with Crippen molar-refractivity contribution in [3.05, 3.63) is 85.5 Å². The van der Waals surface area contributed by atoms with E-state index in [0.29, 0.717) is 11.5 Å². The highest BCUT2D eigenvalue weighted by atomic mass is 28.3. The van der Waals surface area contributed by atoms with Gasteiger partial charge in [-0.1, -0.05) is 175 Å². The van der Waals surface area contributed by atoms with Crippen molar-refractivity contribution in [1.82, 2.24) is 0 Å². The van der Waals surface area contributed by atoms with Crippen molar-refractivity contribution in [3.63, 3.8) is 0 Å². The van der Waals surface area contributed by atoms with Crippen molar-refractivity contribution >= 4 is 30.6 Å². The zero-order valence-electron chi connectivity index (χ0n) is 23.9. The molecule has 0 heterocycles. The van der Waals surface area contributed by atoms with E-state index in [9.17, 15) is 0 Å². The molecule has 0 aliphatic heterocycles. The maximum Gasteiger partial charge on any atom is 0.123 e. The number of hydrogen-bond donors (Lipinski definition) is 0. The van der Waals surface area contributed by atoms with E-state index >= 15 is 0 Å². The van der Waals surface area contributed by atoms with Gasteiger partial charge in [-0.15, -0.1) is 6.58 Å². The van der Waals surface area contributed by atoms with Crippen molar-refractivity contribution < 1.29 is 0 Å². The molecule has 0 bridgehead atoms. The van der Waals surface area contributed by atoms with E-state index in [0.717, 1.165) is 5.54 Å². The summed E-state index contributed by atoms with van der Waals surface area (Å²) >= 11 is 0. The average Bonchev–Trinajstić information content (AvgIpc) is 2.95. The first-order valence-corrected chi connectivity index (χ1v) is 17.3. The molecule has 0 radical (unpaired) electrons.